The molecular weight excluding hydrogens is 366 g/mol. The molecule has 3 aromatic rings. The zero-order valence-corrected chi connectivity index (χ0v) is 17.1. The van der Waals surface area contributed by atoms with Gasteiger partial charge in [-0.25, -0.2) is 0 Å². The Morgan fingerprint density at radius 1 is 0.793 bits per heavy atom. The summed E-state index contributed by atoms with van der Waals surface area (Å²) in [6.45, 7) is 2.04. The second-order valence-electron chi connectivity index (χ2n) is 6.64. The van der Waals surface area contributed by atoms with Crippen molar-refractivity contribution in [3.8, 4) is 17.2 Å². The van der Waals surface area contributed by atoms with Gasteiger partial charge in [0.05, 0.1) is 27.4 Å². The highest BCUT2D eigenvalue weighted by Crippen LogP contribution is 2.38. The smallest absolute Gasteiger partial charge is 0.252 e. The predicted octanol–water partition coefficient (Wildman–Crippen LogP) is 4.54. The largest absolute Gasteiger partial charge is 0.493 e. The number of hydrogen-bond acceptors (Lipinski definition) is 4. The maximum absolute atomic E-state index is 13.1. The summed E-state index contributed by atoms with van der Waals surface area (Å²) in [4.78, 5) is 13.1. The van der Waals surface area contributed by atoms with E-state index in [0.717, 1.165) is 16.7 Å². The summed E-state index contributed by atoms with van der Waals surface area (Å²) < 4.78 is 16.1. The molecule has 3 rings (SSSR count). The van der Waals surface area contributed by atoms with Gasteiger partial charge in [0.25, 0.3) is 5.91 Å². The van der Waals surface area contributed by atoms with E-state index in [2.05, 4.69) is 5.32 Å². The van der Waals surface area contributed by atoms with E-state index < -0.39 is 0 Å². The van der Waals surface area contributed by atoms with Crippen LogP contribution in [-0.2, 0) is 0 Å². The van der Waals surface area contributed by atoms with Gasteiger partial charge < -0.3 is 19.5 Å². The van der Waals surface area contributed by atoms with E-state index in [9.17, 15) is 4.79 Å². The number of rotatable bonds is 7. The third kappa shape index (κ3) is 4.51. The molecule has 0 aliphatic carbocycles. The van der Waals surface area contributed by atoms with E-state index in [4.69, 9.17) is 14.2 Å². The first-order chi connectivity index (χ1) is 14.1. The third-order valence-electron chi connectivity index (χ3n) is 4.75. The van der Waals surface area contributed by atoms with Crippen molar-refractivity contribution in [2.45, 2.75) is 13.0 Å². The van der Waals surface area contributed by atoms with Crippen LogP contribution in [0.5, 0.6) is 17.2 Å². The predicted molar refractivity (Wildman–Crippen MR) is 113 cm³/mol. The normalized spacial score (nSPS) is 11.4. The number of benzene rings is 3. The maximum Gasteiger partial charge on any atom is 0.252 e. The van der Waals surface area contributed by atoms with Gasteiger partial charge in [-0.2, -0.15) is 0 Å². The van der Waals surface area contributed by atoms with Gasteiger partial charge in [-0.05, 0) is 30.2 Å². The second kappa shape index (κ2) is 9.15. The van der Waals surface area contributed by atoms with E-state index in [1.807, 2.05) is 61.5 Å². The minimum absolute atomic E-state index is 0.237. The third-order valence-corrected chi connectivity index (χ3v) is 4.75. The zero-order valence-electron chi connectivity index (χ0n) is 17.1. The molecule has 5 nitrogen and oxygen atoms in total. The van der Waals surface area contributed by atoms with Crippen molar-refractivity contribution in [1.82, 2.24) is 5.32 Å². The van der Waals surface area contributed by atoms with Gasteiger partial charge in [-0.1, -0.05) is 60.2 Å². The van der Waals surface area contributed by atoms with E-state index in [1.165, 1.54) is 21.3 Å². The first-order valence-corrected chi connectivity index (χ1v) is 9.29. The fraction of sp³-hybridized carbons (Fsp3) is 0.208. The van der Waals surface area contributed by atoms with E-state index in [0.29, 0.717) is 22.8 Å². The molecular formula is C24H25NO4. The maximum atomic E-state index is 13.1. The number of carbonyl (C=O) groups excluding carboxylic acids is 1. The molecule has 0 unspecified atom stereocenters. The number of aryl methyl sites for hydroxylation is 1. The van der Waals surface area contributed by atoms with Crippen molar-refractivity contribution in [1.29, 1.82) is 0 Å². The first-order valence-electron chi connectivity index (χ1n) is 9.29. The minimum atomic E-state index is -0.289. The number of ether oxygens (including phenoxy) is 3. The van der Waals surface area contributed by atoms with Gasteiger partial charge in [-0.3, -0.25) is 4.79 Å². The summed E-state index contributed by atoms with van der Waals surface area (Å²) in [7, 11) is 4.58. The molecule has 0 heterocycles. The lowest BCUT2D eigenvalue weighted by Gasteiger charge is -2.21. The molecule has 0 spiro atoms. The quantitative estimate of drug-likeness (QED) is 0.642. The summed E-state index contributed by atoms with van der Waals surface area (Å²) in [5, 5.41) is 3.13. The van der Waals surface area contributed by atoms with Gasteiger partial charge in [0.15, 0.2) is 11.5 Å². The fourth-order valence-electron chi connectivity index (χ4n) is 3.19. The number of nitrogens with one attached hydrogen (secondary N) is 1. The Morgan fingerprint density at radius 2 is 1.34 bits per heavy atom. The van der Waals surface area contributed by atoms with Crippen LogP contribution in [0.3, 0.4) is 0 Å². The van der Waals surface area contributed by atoms with Crippen LogP contribution in [-0.4, -0.2) is 27.2 Å². The summed E-state index contributed by atoms with van der Waals surface area (Å²) >= 11 is 0. The van der Waals surface area contributed by atoms with Gasteiger partial charge in [0.2, 0.25) is 5.75 Å². The Balaban J connectivity index is 1.98. The molecule has 0 aliphatic rings. The number of carbonyl (C=O) groups is 1. The molecule has 0 radical (unpaired) electrons. The van der Waals surface area contributed by atoms with Crippen LogP contribution in [0.2, 0.25) is 0 Å². The molecule has 1 amide bonds. The highest BCUT2D eigenvalue weighted by Gasteiger charge is 2.21. The monoisotopic (exact) mass is 391 g/mol. The van der Waals surface area contributed by atoms with Gasteiger partial charge in [0, 0.05) is 5.56 Å². The molecule has 0 saturated carbocycles. The molecule has 0 bridgehead atoms. The highest BCUT2D eigenvalue weighted by atomic mass is 16.5. The molecule has 1 N–H and O–H groups in total. The number of methoxy groups -OCH3 is 3. The summed E-state index contributed by atoms with van der Waals surface area (Å²) in [5.74, 6) is 1.08. The van der Waals surface area contributed by atoms with Gasteiger partial charge in [-0.15, -0.1) is 0 Å². The van der Waals surface area contributed by atoms with E-state index in [1.54, 1.807) is 12.1 Å². The lowest BCUT2D eigenvalue weighted by Crippen LogP contribution is -2.29. The Hall–Kier alpha value is -3.47. The van der Waals surface area contributed by atoms with Crippen LogP contribution in [0.15, 0.2) is 66.7 Å². The molecule has 5 heteroatoms. The van der Waals surface area contributed by atoms with Crippen LogP contribution in [0, 0.1) is 6.92 Å². The molecule has 29 heavy (non-hydrogen) atoms. The zero-order chi connectivity index (χ0) is 20.8. The van der Waals surface area contributed by atoms with Crippen LogP contribution in [0.4, 0.5) is 0 Å². The van der Waals surface area contributed by atoms with Crippen molar-refractivity contribution in [2.75, 3.05) is 21.3 Å². The van der Waals surface area contributed by atoms with Crippen molar-refractivity contribution < 1.29 is 19.0 Å². The Kier molecular flexibility index (Phi) is 6.39. The standard InChI is InChI=1S/C24H25NO4/c1-16-10-12-18(13-11-16)22(17-8-6-5-7-9-17)25-24(26)19-14-20(27-2)23(29-4)21(15-19)28-3/h5-15,22H,1-4H3,(H,25,26)/t22-/m0/s1. The molecule has 0 aromatic heterocycles. The number of amides is 1. The molecule has 1 atom stereocenters. The molecule has 150 valence electrons. The highest BCUT2D eigenvalue weighted by molar-refractivity contribution is 5.96. The average molecular weight is 391 g/mol. The SMILES string of the molecule is COc1cc(C(=O)N[C@@H](c2ccccc2)c2ccc(C)cc2)cc(OC)c1OC. The van der Waals surface area contributed by atoms with Gasteiger partial charge >= 0.3 is 0 Å². The van der Waals surface area contributed by atoms with Crippen LogP contribution in [0.1, 0.15) is 33.1 Å². The fourth-order valence-corrected chi connectivity index (χ4v) is 3.19. The van der Waals surface area contributed by atoms with Crippen LogP contribution >= 0.6 is 0 Å². The minimum Gasteiger partial charge on any atom is -0.493 e. The van der Waals surface area contributed by atoms with Crippen molar-refractivity contribution >= 4 is 5.91 Å². The summed E-state index contributed by atoms with van der Waals surface area (Å²) in [6.07, 6.45) is 0. The molecule has 3 aromatic carbocycles. The van der Waals surface area contributed by atoms with Crippen molar-refractivity contribution in [3.63, 3.8) is 0 Å². The lowest BCUT2D eigenvalue weighted by atomic mass is 9.97. The van der Waals surface area contributed by atoms with Crippen molar-refractivity contribution in [2.24, 2.45) is 0 Å². The Bertz CT molecular complexity index is 943. The lowest BCUT2D eigenvalue weighted by molar-refractivity contribution is 0.0942. The first kappa shape index (κ1) is 20.3. The van der Waals surface area contributed by atoms with Crippen molar-refractivity contribution in [3.05, 3.63) is 89.0 Å². The Labute approximate surface area is 171 Å². The van der Waals surface area contributed by atoms with E-state index in [-0.39, 0.29) is 11.9 Å². The average Bonchev–Trinajstić information content (AvgIpc) is 2.77. The molecule has 0 fully saturated rings. The Morgan fingerprint density at radius 3 is 1.86 bits per heavy atom. The topological polar surface area (TPSA) is 56.8 Å². The van der Waals surface area contributed by atoms with Crippen LogP contribution in [0.25, 0.3) is 0 Å². The molecule has 0 saturated heterocycles. The second-order valence-corrected chi connectivity index (χ2v) is 6.64. The van der Waals surface area contributed by atoms with Crippen LogP contribution < -0.4 is 19.5 Å². The number of hydrogen-bond donors (Lipinski definition) is 1. The molecule has 0 aliphatic heterocycles. The summed E-state index contributed by atoms with van der Waals surface area (Å²) in [6, 6.07) is 21.0. The summed E-state index contributed by atoms with van der Waals surface area (Å²) in [5.41, 5.74) is 3.59. The van der Waals surface area contributed by atoms with E-state index >= 15 is 0 Å². The van der Waals surface area contributed by atoms with Gasteiger partial charge in [0.1, 0.15) is 0 Å².